The molecule has 0 bridgehead atoms. The number of piperidine rings is 1. The molecule has 1 fully saturated rings. The van der Waals surface area contributed by atoms with Gasteiger partial charge in [0.2, 0.25) is 0 Å². The highest BCUT2D eigenvalue weighted by Gasteiger charge is 2.51. The van der Waals surface area contributed by atoms with Crippen molar-refractivity contribution in [3.05, 3.63) is 29.8 Å². The Labute approximate surface area is 146 Å². The van der Waals surface area contributed by atoms with Crippen LogP contribution in [0, 0.1) is 0 Å². The van der Waals surface area contributed by atoms with Crippen LogP contribution in [0.25, 0.3) is 0 Å². The van der Waals surface area contributed by atoms with Gasteiger partial charge in [-0.15, -0.1) is 0 Å². The summed E-state index contributed by atoms with van der Waals surface area (Å²) in [6.07, 6.45) is -0.414. The van der Waals surface area contributed by atoms with Crippen molar-refractivity contribution in [1.29, 1.82) is 0 Å². The zero-order chi connectivity index (χ0) is 18.2. The first kappa shape index (κ1) is 17.4. The van der Waals surface area contributed by atoms with E-state index in [1.807, 2.05) is 45.0 Å². The Hall–Kier alpha value is -2.44. The first-order valence-corrected chi connectivity index (χ1v) is 8.45. The van der Waals surface area contributed by atoms with Gasteiger partial charge < -0.3 is 24.8 Å². The van der Waals surface area contributed by atoms with Crippen LogP contribution in [0.4, 0.5) is 9.59 Å². The summed E-state index contributed by atoms with van der Waals surface area (Å²) in [6, 6.07) is 7.22. The molecule has 0 unspecified atom stereocenters. The molecule has 2 heterocycles. The number of carbonyl (C=O) groups is 2. The lowest BCUT2D eigenvalue weighted by atomic mass is 9.82. The lowest BCUT2D eigenvalue weighted by Crippen LogP contribution is -2.54. The molecular weight excluding hydrogens is 324 g/mol. The van der Waals surface area contributed by atoms with E-state index in [4.69, 9.17) is 9.47 Å². The molecule has 0 radical (unpaired) electrons. The van der Waals surface area contributed by atoms with Gasteiger partial charge in [0.25, 0.3) is 0 Å². The number of nitrogens with one attached hydrogen (secondary N) is 1. The predicted octanol–water partition coefficient (Wildman–Crippen LogP) is 3.16. The highest BCUT2D eigenvalue weighted by Crippen LogP contribution is 2.48. The number of benzene rings is 1. The number of carboxylic acid groups (broad SMARTS) is 1. The molecule has 1 atom stereocenters. The molecule has 25 heavy (non-hydrogen) atoms. The maximum Gasteiger partial charge on any atom is 0.408 e. The molecule has 2 aliphatic rings. The van der Waals surface area contributed by atoms with Crippen LogP contribution in [0.2, 0.25) is 0 Å². The van der Waals surface area contributed by atoms with Crippen molar-refractivity contribution in [2.75, 3.05) is 13.1 Å². The van der Waals surface area contributed by atoms with Gasteiger partial charge in [-0.25, -0.2) is 9.59 Å². The maximum atomic E-state index is 12.3. The monoisotopic (exact) mass is 348 g/mol. The number of hydrogen-bond acceptors (Lipinski definition) is 4. The van der Waals surface area contributed by atoms with Gasteiger partial charge in [-0.3, -0.25) is 0 Å². The summed E-state index contributed by atoms with van der Waals surface area (Å²) in [7, 11) is 0. The highest BCUT2D eigenvalue weighted by atomic mass is 16.6. The van der Waals surface area contributed by atoms with Crippen LogP contribution in [0.15, 0.2) is 24.3 Å². The highest BCUT2D eigenvalue weighted by molar-refractivity contribution is 5.69. The molecule has 1 aromatic carbocycles. The minimum absolute atomic E-state index is 0.366. The van der Waals surface area contributed by atoms with Crippen molar-refractivity contribution < 1.29 is 24.2 Å². The lowest BCUT2D eigenvalue weighted by Gasteiger charge is -2.41. The summed E-state index contributed by atoms with van der Waals surface area (Å²) in [4.78, 5) is 24.9. The standard InChI is InChI=1S/C18H24N2O5/c1-17(2,3)25-15(21)19-14-12-6-4-5-7-13(12)24-18(14)8-10-20(11-9-18)16(22)23/h4-7,14H,8-11H2,1-3H3,(H,19,21)(H,22,23)/t14-/m1/s1. The molecule has 1 spiro atoms. The molecule has 2 aliphatic heterocycles. The SMILES string of the molecule is CC(C)(C)OC(=O)N[C@@H]1c2ccccc2OC12CCN(C(=O)O)CC2. The van der Waals surface area contributed by atoms with Crippen LogP contribution in [0.1, 0.15) is 45.2 Å². The fourth-order valence-electron chi connectivity index (χ4n) is 3.48. The number of alkyl carbamates (subject to hydrolysis) is 1. The van der Waals surface area contributed by atoms with E-state index in [-0.39, 0.29) is 6.04 Å². The smallest absolute Gasteiger partial charge is 0.408 e. The van der Waals surface area contributed by atoms with Crippen LogP contribution >= 0.6 is 0 Å². The van der Waals surface area contributed by atoms with E-state index in [2.05, 4.69) is 5.32 Å². The van der Waals surface area contributed by atoms with Gasteiger partial charge in [0.15, 0.2) is 0 Å². The minimum Gasteiger partial charge on any atom is -0.484 e. The summed E-state index contributed by atoms with van der Waals surface area (Å²) in [6.45, 7) is 6.18. The second-order valence-electron chi connectivity index (χ2n) is 7.55. The summed E-state index contributed by atoms with van der Waals surface area (Å²) >= 11 is 0. The van der Waals surface area contributed by atoms with Crippen LogP contribution in [0.5, 0.6) is 5.75 Å². The molecule has 7 nitrogen and oxygen atoms in total. The van der Waals surface area contributed by atoms with Crippen LogP contribution in [-0.2, 0) is 4.74 Å². The fraction of sp³-hybridized carbons (Fsp3) is 0.556. The molecule has 0 saturated carbocycles. The number of rotatable bonds is 1. The molecule has 2 N–H and O–H groups in total. The van der Waals surface area contributed by atoms with E-state index in [0.29, 0.717) is 25.9 Å². The third-order valence-electron chi connectivity index (χ3n) is 4.61. The summed E-state index contributed by atoms with van der Waals surface area (Å²) in [5.41, 5.74) is -0.341. The molecular formula is C18H24N2O5. The van der Waals surface area contributed by atoms with Gasteiger partial charge in [-0.05, 0) is 26.8 Å². The van der Waals surface area contributed by atoms with Crippen molar-refractivity contribution in [3.63, 3.8) is 0 Å². The van der Waals surface area contributed by atoms with E-state index >= 15 is 0 Å². The zero-order valence-electron chi connectivity index (χ0n) is 14.7. The Kier molecular flexibility index (Phi) is 4.26. The Morgan fingerprint density at radius 3 is 2.52 bits per heavy atom. The van der Waals surface area contributed by atoms with E-state index in [9.17, 15) is 14.7 Å². The zero-order valence-corrected chi connectivity index (χ0v) is 14.7. The molecule has 0 aromatic heterocycles. The molecule has 0 aliphatic carbocycles. The number of amides is 2. The number of para-hydroxylation sites is 1. The minimum atomic E-state index is -0.929. The van der Waals surface area contributed by atoms with E-state index in [1.54, 1.807) is 0 Å². The number of likely N-dealkylation sites (tertiary alicyclic amines) is 1. The summed E-state index contributed by atoms with van der Waals surface area (Å²) in [5.74, 6) is 0.729. The largest absolute Gasteiger partial charge is 0.484 e. The average Bonchev–Trinajstić information content (AvgIpc) is 2.79. The molecule has 7 heteroatoms. The quantitative estimate of drug-likeness (QED) is 0.814. The Bertz CT molecular complexity index is 674. The molecule has 1 saturated heterocycles. The summed E-state index contributed by atoms with van der Waals surface area (Å²) < 4.78 is 11.6. The molecule has 3 rings (SSSR count). The Morgan fingerprint density at radius 1 is 1.28 bits per heavy atom. The van der Waals surface area contributed by atoms with Crippen molar-refractivity contribution in [2.24, 2.45) is 0 Å². The number of nitrogens with zero attached hydrogens (tertiary/aromatic N) is 1. The lowest BCUT2D eigenvalue weighted by molar-refractivity contribution is -0.0103. The van der Waals surface area contributed by atoms with Gasteiger partial charge >= 0.3 is 12.2 Å². The number of fused-ring (bicyclic) bond motifs is 1. The third kappa shape index (κ3) is 3.50. The van der Waals surface area contributed by atoms with Gasteiger partial charge in [0.05, 0.1) is 0 Å². The van der Waals surface area contributed by atoms with E-state index in [1.165, 1.54) is 4.90 Å². The van der Waals surface area contributed by atoms with Crippen LogP contribution in [0.3, 0.4) is 0 Å². The van der Waals surface area contributed by atoms with Crippen molar-refractivity contribution in [1.82, 2.24) is 10.2 Å². The van der Waals surface area contributed by atoms with Gasteiger partial charge in [0, 0.05) is 31.5 Å². The van der Waals surface area contributed by atoms with Crippen LogP contribution in [-0.4, -0.2) is 46.5 Å². The Balaban J connectivity index is 1.83. The van der Waals surface area contributed by atoms with E-state index < -0.39 is 23.4 Å². The van der Waals surface area contributed by atoms with Gasteiger partial charge in [-0.1, -0.05) is 18.2 Å². The molecule has 136 valence electrons. The molecule has 2 amide bonds. The van der Waals surface area contributed by atoms with E-state index in [0.717, 1.165) is 11.3 Å². The van der Waals surface area contributed by atoms with Crippen molar-refractivity contribution in [2.45, 2.75) is 50.9 Å². The maximum absolute atomic E-state index is 12.3. The topological polar surface area (TPSA) is 88.1 Å². The second-order valence-corrected chi connectivity index (χ2v) is 7.55. The normalized spacial score (nSPS) is 21.4. The van der Waals surface area contributed by atoms with Gasteiger partial charge in [0.1, 0.15) is 23.0 Å². The predicted molar refractivity (Wildman–Crippen MR) is 90.7 cm³/mol. The molecule has 1 aromatic rings. The first-order chi connectivity index (χ1) is 11.7. The summed E-state index contributed by atoms with van der Waals surface area (Å²) in [5, 5.41) is 12.1. The first-order valence-electron chi connectivity index (χ1n) is 8.45. The van der Waals surface area contributed by atoms with Crippen LogP contribution < -0.4 is 10.1 Å². The van der Waals surface area contributed by atoms with Gasteiger partial charge in [-0.2, -0.15) is 0 Å². The number of ether oxygens (including phenoxy) is 2. The van der Waals surface area contributed by atoms with Crippen molar-refractivity contribution >= 4 is 12.2 Å². The average molecular weight is 348 g/mol. The fourth-order valence-corrected chi connectivity index (χ4v) is 3.48. The Morgan fingerprint density at radius 2 is 1.92 bits per heavy atom. The third-order valence-corrected chi connectivity index (χ3v) is 4.61. The second kappa shape index (κ2) is 6.13. The number of carbonyl (C=O) groups excluding carboxylic acids is 1. The van der Waals surface area contributed by atoms with Crippen molar-refractivity contribution in [3.8, 4) is 5.75 Å². The number of hydrogen-bond donors (Lipinski definition) is 2.